The van der Waals surface area contributed by atoms with Crippen LogP contribution in [0, 0.1) is 0 Å². The summed E-state index contributed by atoms with van der Waals surface area (Å²) in [6.45, 7) is 1.36. The van der Waals surface area contributed by atoms with Gasteiger partial charge in [0.1, 0.15) is 0 Å². The van der Waals surface area contributed by atoms with Crippen LogP contribution in [0.1, 0.15) is 37.8 Å². The Labute approximate surface area is 139 Å². The van der Waals surface area contributed by atoms with Crippen LogP contribution in [0.2, 0.25) is 0 Å². The Morgan fingerprint density at radius 1 is 1.17 bits per heavy atom. The molecule has 1 aliphatic carbocycles. The van der Waals surface area contributed by atoms with E-state index >= 15 is 0 Å². The fourth-order valence-corrected chi connectivity index (χ4v) is 4.52. The second-order valence-electron chi connectivity index (χ2n) is 6.46. The van der Waals surface area contributed by atoms with Crippen LogP contribution >= 0.6 is 11.3 Å². The molecule has 0 radical (unpaired) electrons. The number of nitrogens with zero attached hydrogens (tertiary/aromatic N) is 4. The van der Waals surface area contributed by atoms with Crippen molar-refractivity contribution in [1.82, 2.24) is 15.1 Å². The maximum Gasteiger partial charge on any atom is 0.264 e. The van der Waals surface area contributed by atoms with E-state index in [1.807, 2.05) is 23.9 Å². The Kier molecular flexibility index (Phi) is 3.56. The zero-order valence-electron chi connectivity index (χ0n) is 13.5. The van der Waals surface area contributed by atoms with E-state index in [1.165, 1.54) is 16.9 Å². The molecule has 0 fully saturated rings. The monoisotopic (exact) mass is 328 g/mol. The van der Waals surface area contributed by atoms with E-state index in [-0.39, 0.29) is 5.91 Å². The van der Waals surface area contributed by atoms with Gasteiger partial charge in [0.25, 0.3) is 5.91 Å². The minimum absolute atomic E-state index is 0.165. The second-order valence-corrected chi connectivity index (χ2v) is 7.59. The van der Waals surface area contributed by atoms with Crippen molar-refractivity contribution in [2.75, 3.05) is 25.5 Å². The van der Waals surface area contributed by atoms with Gasteiger partial charge in [0, 0.05) is 38.5 Å². The van der Waals surface area contributed by atoms with Crippen LogP contribution in [0.3, 0.4) is 0 Å². The molecule has 0 saturated heterocycles. The van der Waals surface area contributed by atoms with E-state index in [0.717, 1.165) is 47.8 Å². The zero-order valence-corrected chi connectivity index (χ0v) is 14.3. The van der Waals surface area contributed by atoms with Gasteiger partial charge in [0.05, 0.1) is 10.6 Å². The van der Waals surface area contributed by atoms with Gasteiger partial charge in [-0.3, -0.25) is 4.79 Å². The highest BCUT2D eigenvalue weighted by Crippen LogP contribution is 2.32. The molecule has 3 heterocycles. The molecule has 2 aliphatic rings. The fourth-order valence-electron chi connectivity index (χ4n) is 3.30. The lowest BCUT2D eigenvalue weighted by Crippen LogP contribution is -2.36. The van der Waals surface area contributed by atoms with Crippen LogP contribution in [0.25, 0.3) is 0 Å². The molecule has 6 heteroatoms. The number of carbonyl (C=O) groups is 1. The molecular weight excluding hydrogens is 308 g/mol. The van der Waals surface area contributed by atoms with Gasteiger partial charge in [-0.25, -0.2) is 0 Å². The van der Waals surface area contributed by atoms with E-state index in [4.69, 9.17) is 0 Å². The lowest BCUT2D eigenvalue weighted by atomic mass is 10.1. The van der Waals surface area contributed by atoms with Gasteiger partial charge in [0.15, 0.2) is 5.82 Å². The van der Waals surface area contributed by atoms with Crippen molar-refractivity contribution in [3.05, 3.63) is 38.7 Å². The predicted octanol–water partition coefficient (Wildman–Crippen LogP) is 2.29. The van der Waals surface area contributed by atoms with Gasteiger partial charge in [-0.2, -0.15) is 5.10 Å². The third-order valence-electron chi connectivity index (χ3n) is 4.63. The molecule has 23 heavy (non-hydrogen) atoms. The number of rotatable bonds is 2. The Morgan fingerprint density at radius 2 is 2.04 bits per heavy atom. The lowest BCUT2D eigenvalue weighted by molar-refractivity contribution is 0.0738. The first-order chi connectivity index (χ1) is 11.1. The summed E-state index contributed by atoms with van der Waals surface area (Å²) in [6, 6.07) is 4.16. The summed E-state index contributed by atoms with van der Waals surface area (Å²) in [5.74, 6) is 1.01. The van der Waals surface area contributed by atoms with Crippen molar-refractivity contribution < 1.29 is 4.79 Å². The van der Waals surface area contributed by atoms with Crippen LogP contribution < -0.4 is 4.90 Å². The highest BCUT2D eigenvalue weighted by Gasteiger charge is 2.26. The molecule has 5 nitrogen and oxygen atoms in total. The smallest absolute Gasteiger partial charge is 0.264 e. The molecule has 1 amide bonds. The molecule has 0 spiro atoms. The average molecular weight is 328 g/mol. The summed E-state index contributed by atoms with van der Waals surface area (Å²) in [5.41, 5.74) is 3.53. The Bertz CT molecular complexity index is 746. The molecule has 0 aromatic carbocycles. The Hall–Kier alpha value is -1.95. The molecule has 120 valence electrons. The molecule has 4 rings (SSSR count). The number of anilines is 1. The predicted molar refractivity (Wildman–Crippen MR) is 91.1 cm³/mol. The minimum atomic E-state index is 0.165. The van der Waals surface area contributed by atoms with Crippen LogP contribution in [0.15, 0.2) is 12.1 Å². The van der Waals surface area contributed by atoms with Crippen molar-refractivity contribution in [2.45, 2.75) is 32.2 Å². The third kappa shape index (κ3) is 2.61. The van der Waals surface area contributed by atoms with Crippen LogP contribution in [-0.4, -0.2) is 41.6 Å². The van der Waals surface area contributed by atoms with Gasteiger partial charge in [-0.05, 0) is 42.5 Å². The van der Waals surface area contributed by atoms with Crippen LogP contribution in [0.4, 0.5) is 5.82 Å². The van der Waals surface area contributed by atoms with Gasteiger partial charge < -0.3 is 9.80 Å². The number of carbonyl (C=O) groups excluding carboxylic acids is 1. The Balaban J connectivity index is 1.56. The first-order valence-corrected chi connectivity index (χ1v) is 8.87. The number of fused-ring (bicyclic) bond motifs is 2. The number of amides is 1. The topological polar surface area (TPSA) is 49.3 Å². The normalized spacial score (nSPS) is 16.2. The molecule has 0 atom stereocenters. The average Bonchev–Trinajstić information content (AvgIpc) is 3.14. The first-order valence-electron chi connectivity index (χ1n) is 8.05. The number of hydrogen-bond acceptors (Lipinski definition) is 5. The highest BCUT2D eigenvalue weighted by atomic mass is 32.1. The molecule has 0 saturated carbocycles. The summed E-state index contributed by atoms with van der Waals surface area (Å²) in [4.78, 5) is 19.0. The van der Waals surface area contributed by atoms with E-state index in [1.54, 1.807) is 11.3 Å². The second kappa shape index (κ2) is 5.60. The van der Waals surface area contributed by atoms with Crippen LogP contribution in [-0.2, 0) is 25.8 Å². The molecular formula is C17H20N4OS. The van der Waals surface area contributed by atoms with E-state index in [0.29, 0.717) is 6.54 Å². The lowest BCUT2D eigenvalue weighted by Gasteiger charge is -2.28. The number of aryl methyl sites for hydroxylation is 2. The maximum atomic E-state index is 12.8. The van der Waals surface area contributed by atoms with E-state index < -0.39 is 0 Å². The summed E-state index contributed by atoms with van der Waals surface area (Å²) in [5, 5.41) is 8.55. The van der Waals surface area contributed by atoms with Gasteiger partial charge in [-0.1, -0.05) is 0 Å². The SMILES string of the molecule is CN(C)c1cc2c(nn1)CCN(C(=O)c1cc3c(s1)CCC3)C2. The highest BCUT2D eigenvalue weighted by molar-refractivity contribution is 7.14. The molecule has 2 aromatic heterocycles. The van der Waals surface area contributed by atoms with Crippen molar-refractivity contribution in [1.29, 1.82) is 0 Å². The minimum Gasteiger partial charge on any atom is -0.361 e. The van der Waals surface area contributed by atoms with Gasteiger partial charge >= 0.3 is 0 Å². The van der Waals surface area contributed by atoms with Gasteiger partial charge in [-0.15, -0.1) is 16.4 Å². The molecule has 0 N–H and O–H groups in total. The fraction of sp³-hybridized carbons (Fsp3) is 0.471. The maximum absolute atomic E-state index is 12.8. The number of aromatic nitrogens is 2. The van der Waals surface area contributed by atoms with Crippen molar-refractivity contribution >= 4 is 23.1 Å². The quantitative estimate of drug-likeness (QED) is 0.849. The molecule has 2 aromatic rings. The van der Waals surface area contributed by atoms with Crippen LogP contribution in [0.5, 0.6) is 0 Å². The van der Waals surface area contributed by atoms with Gasteiger partial charge in [0.2, 0.25) is 0 Å². The van der Waals surface area contributed by atoms with Crippen molar-refractivity contribution in [3.63, 3.8) is 0 Å². The largest absolute Gasteiger partial charge is 0.361 e. The standard InChI is InChI=1S/C17H20N4OS/c1-20(2)16-9-12-10-21(7-6-13(12)18-19-16)17(22)15-8-11-4-3-5-14(11)23-15/h8-9H,3-7,10H2,1-2H3. The van der Waals surface area contributed by atoms with E-state index in [2.05, 4.69) is 22.3 Å². The molecule has 0 unspecified atom stereocenters. The Morgan fingerprint density at radius 3 is 2.83 bits per heavy atom. The third-order valence-corrected chi connectivity index (χ3v) is 5.85. The summed E-state index contributed by atoms with van der Waals surface area (Å²) in [6.07, 6.45) is 4.28. The summed E-state index contributed by atoms with van der Waals surface area (Å²) < 4.78 is 0. The molecule has 0 bridgehead atoms. The number of thiophene rings is 1. The van der Waals surface area contributed by atoms with Crippen molar-refractivity contribution in [2.24, 2.45) is 0 Å². The first kappa shape index (κ1) is 14.6. The van der Waals surface area contributed by atoms with Crippen molar-refractivity contribution in [3.8, 4) is 0 Å². The summed E-state index contributed by atoms with van der Waals surface area (Å²) in [7, 11) is 3.91. The number of hydrogen-bond donors (Lipinski definition) is 0. The summed E-state index contributed by atoms with van der Waals surface area (Å²) >= 11 is 1.69. The zero-order chi connectivity index (χ0) is 16.0. The molecule has 1 aliphatic heterocycles. The van der Waals surface area contributed by atoms with E-state index in [9.17, 15) is 4.79 Å².